The number of H-pyrrole nitrogens is 1. The van der Waals surface area contributed by atoms with Crippen molar-refractivity contribution in [2.24, 2.45) is 22.2 Å². The first-order valence-corrected chi connectivity index (χ1v) is 14.4. The van der Waals surface area contributed by atoms with Crippen LogP contribution in [0.25, 0.3) is 0 Å². The number of aromatic nitrogens is 2. The zero-order valence-corrected chi connectivity index (χ0v) is 24.9. The molecule has 2 aromatic carbocycles. The van der Waals surface area contributed by atoms with Crippen molar-refractivity contribution in [3.05, 3.63) is 77.9 Å². The van der Waals surface area contributed by atoms with Crippen LogP contribution in [0, 0.1) is 0 Å². The van der Waals surface area contributed by atoms with Gasteiger partial charge in [0.15, 0.2) is 5.96 Å². The number of carboxylic acids is 1. The molecule has 0 aliphatic rings. The van der Waals surface area contributed by atoms with E-state index in [-0.39, 0.29) is 56.1 Å². The fourth-order valence-electron chi connectivity index (χ4n) is 4.47. The molecule has 246 valence electrons. The summed E-state index contributed by atoms with van der Waals surface area (Å²) in [6.07, 6.45) is 3.14. The number of carboxylic acid groups (broad SMARTS) is 1. The second-order valence-corrected chi connectivity index (χ2v) is 10.6. The Kier molecular flexibility index (Phi) is 12.9. The van der Waals surface area contributed by atoms with E-state index < -0.39 is 47.9 Å². The lowest BCUT2D eigenvalue weighted by molar-refractivity contribution is -0.142. The number of aliphatic carboxylic acids is 1. The molecule has 3 aromatic rings. The molecule has 1 aromatic heterocycles. The highest BCUT2D eigenvalue weighted by Gasteiger charge is 2.31. The highest BCUT2D eigenvalue weighted by atomic mass is 16.4. The van der Waals surface area contributed by atoms with Gasteiger partial charge in [-0.1, -0.05) is 24.3 Å². The van der Waals surface area contributed by atoms with Crippen molar-refractivity contribution in [2.75, 3.05) is 6.54 Å². The second-order valence-electron chi connectivity index (χ2n) is 10.6. The molecule has 16 heteroatoms. The van der Waals surface area contributed by atoms with Crippen molar-refractivity contribution in [2.45, 2.75) is 56.3 Å². The number of nitrogens with one attached hydrogen (secondary N) is 4. The molecule has 0 saturated carbocycles. The molecule has 16 nitrogen and oxygen atoms in total. The van der Waals surface area contributed by atoms with Crippen LogP contribution in [-0.4, -0.2) is 85.7 Å². The monoisotopic (exact) mass is 637 g/mol. The minimum atomic E-state index is -1.30. The van der Waals surface area contributed by atoms with Gasteiger partial charge in [0, 0.05) is 31.3 Å². The van der Waals surface area contributed by atoms with E-state index in [0.29, 0.717) is 16.8 Å². The van der Waals surface area contributed by atoms with Crippen LogP contribution in [-0.2, 0) is 38.4 Å². The number of phenols is 2. The molecule has 1 heterocycles. The molecule has 0 aliphatic heterocycles. The summed E-state index contributed by atoms with van der Waals surface area (Å²) >= 11 is 0. The Morgan fingerprint density at radius 2 is 1.30 bits per heavy atom. The summed E-state index contributed by atoms with van der Waals surface area (Å²) in [7, 11) is 0. The highest BCUT2D eigenvalue weighted by Crippen LogP contribution is 2.14. The summed E-state index contributed by atoms with van der Waals surface area (Å²) in [5, 5.41) is 36.7. The van der Waals surface area contributed by atoms with Crippen LogP contribution in [0.3, 0.4) is 0 Å². The van der Waals surface area contributed by atoms with Crippen molar-refractivity contribution in [1.82, 2.24) is 25.9 Å². The maximum atomic E-state index is 13.7. The van der Waals surface area contributed by atoms with Crippen LogP contribution in [0.1, 0.15) is 29.7 Å². The minimum absolute atomic E-state index is 0.00674. The molecule has 4 unspecified atom stereocenters. The predicted octanol–water partition coefficient (Wildman–Crippen LogP) is -1.23. The fourth-order valence-corrected chi connectivity index (χ4v) is 4.47. The van der Waals surface area contributed by atoms with Crippen molar-refractivity contribution in [3.8, 4) is 11.5 Å². The van der Waals surface area contributed by atoms with Gasteiger partial charge in [-0.15, -0.1) is 0 Å². The molecule has 0 spiro atoms. The van der Waals surface area contributed by atoms with Crippen LogP contribution >= 0.6 is 0 Å². The number of hydrogen-bond acceptors (Lipinski definition) is 9. The van der Waals surface area contributed by atoms with E-state index in [1.807, 2.05) is 0 Å². The summed E-state index contributed by atoms with van der Waals surface area (Å²) in [5.41, 5.74) is 18.5. The van der Waals surface area contributed by atoms with Gasteiger partial charge in [0.2, 0.25) is 17.7 Å². The Morgan fingerprint density at radius 3 is 1.83 bits per heavy atom. The number of nitrogens with two attached hydrogens (primary N) is 3. The van der Waals surface area contributed by atoms with Gasteiger partial charge in [0.1, 0.15) is 29.6 Å². The molecular formula is C30H39N9O7. The van der Waals surface area contributed by atoms with Crippen molar-refractivity contribution >= 4 is 29.7 Å². The molecule has 3 rings (SSSR count). The number of amides is 3. The van der Waals surface area contributed by atoms with Gasteiger partial charge in [-0.05, 0) is 54.7 Å². The normalized spacial score (nSPS) is 13.4. The zero-order valence-electron chi connectivity index (χ0n) is 24.9. The Hall–Kier alpha value is -5.64. The van der Waals surface area contributed by atoms with E-state index in [1.54, 1.807) is 24.3 Å². The van der Waals surface area contributed by atoms with Gasteiger partial charge in [0.25, 0.3) is 0 Å². The third-order valence-electron chi connectivity index (χ3n) is 6.91. The minimum Gasteiger partial charge on any atom is -0.508 e. The first kappa shape index (κ1) is 34.8. The van der Waals surface area contributed by atoms with Crippen LogP contribution in [0.15, 0.2) is 66.0 Å². The van der Waals surface area contributed by atoms with E-state index in [4.69, 9.17) is 17.2 Å². The number of aromatic hydroxyl groups is 2. The number of aromatic amines is 1. The number of guanidine groups is 1. The second kappa shape index (κ2) is 17.0. The van der Waals surface area contributed by atoms with E-state index >= 15 is 0 Å². The quantitative estimate of drug-likeness (QED) is 0.0475. The first-order valence-electron chi connectivity index (χ1n) is 14.4. The van der Waals surface area contributed by atoms with Crippen LogP contribution in [0.4, 0.5) is 0 Å². The Balaban J connectivity index is 1.79. The van der Waals surface area contributed by atoms with Gasteiger partial charge in [-0.3, -0.25) is 19.4 Å². The third-order valence-corrected chi connectivity index (χ3v) is 6.91. The number of rotatable bonds is 17. The molecule has 0 bridgehead atoms. The van der Waals surface area contributed by atoms with Crippen molar-refractivity contribution < 1.29 is 34.5 Å². The number of aliphatic imine (C=N–C) groups is 1. The van der Waals surface area contributed by atoms with Gasteiger partial charge in [-0.25, -0.2) is 9.78 Å². The molecule has 4 atom stereocenters. The van der Waals surface area contributed by atoms with Gasteiger partial charge < -0.3 is 53.5 Å². The summed E-state index contributed by atoms with van der Waals surface area (Å²) < 4.78 is 0. The highest BCUT2D eigenvalue weighted by molar-refractivity contribution is 5.94. The van der Waals surface area contributed by atoms with E-state index in [0.717, 1.165) is 0 Å². The average Bonchev–Trinajstić information content (AvgIpc) is 3.53. The van der Waals surface area contributed by atoms with E-state index in [1.165, 1.54) is 36.8 Å². The predicted molar refractivity (Wildman–Crippen MR) is 167 cm³/mol. The number of imidazole rings is 1. The lowest BCUT2D eigenvalue weighted by atomic mass is 10.0. The summed E-state index contributed by atoms with van der Waals surface area (Å²) in [6.45, 7) is 0.157. The fraction of sp³-hybridized carbons (Fsp3) is 0.333. The van der Waals surface area contributed by atoms with Gasteiger partial charge >= 0.3 is 5.97 Å². The zero-order chi connectivity index (χ0) is 33.6. The number of carbonyl (C=O) groups is 4. The molecule has 3 amide bonds. The number of nitrogens with zero attached hydrogens (tertiary/aromatic N) is 2. The van der Waals surface area contributed by atoms with E-state index in [2.05, 4.69) is 30.9 Å². The van der Waals surface area contributed by atoms with E-state index in [9.17, 15) is 34.5 Å². The molecule has 0 fully saturated rings. The molecule has 0 radical (unpaired) electrons. The molecular weight excluding hydrogens is 598 g/mol. The van der Waals surface area contributed by atoms with Crippen LogP contribution in [0.5, 0.6) is 11.5 Å². The average molecular weight is 638 g/mol. The number of benzene rings is 2. The standard InChI is InChI=1S/C30H39N9O7/c31-22(12-17-3-7-20(40)8-4-17)26(42)38-24(13-18-5-9-21(41)10-6-18)27(43)39-25(14-19-15-34-16-36-19)28(44)37-23(29(45)46)2-1-11-35-30(32)33/h3-10,15-16,22-25,40-41H,1-2,11-14,31H2,(H,34,36)(H,37,44)(H,38,42)(H,39,43)(H,45,46)(H4,32,33,35). The Morgan fingerprint density at radius 1 is 0.783 bits per heavy atom. The summed E-state index contributed by atoms with van der Waals surface area (Å²) in [6, 6.07) is 7.33. The lowest BCUT2D eigenvalue weighted by Crippen LogP contribution is -2.58. The van der Waals surface area contributed by atoms with Gasteiger partial charge in [0.05, 0.1) is 12.4 Å². The Labute approximate surface area is 264 Å². The summed E-state index contributed by atoms with van der Waals surface area (Å²) in [5.74, 6) is -3.53. The summed E-state index contributed by atoms with van der Waals surface area (Å²) in [4.78, 5) is 62.7. The third kappa shape index (κ3) is 11.5. The smallest absolute Gasteiger partial charge is 0.326 e. The topological polar surface area (TPSA) is 284 Å². The molecule has 46 heavy (non-hydrogen) atoms. The van der Waals surface area contributed by atoms with Gasteiger partial charge in [-0.2, -0.15) is 0 Å². The number of hydrogen-bond donors (Lipinski definition) is 10. The number of carbonyl (C=O) groups excluding carboxylic acids is 3. The van der Waals surface area contributed by atoms with Crippen LogP contribution < -0.4 is 33.2 Å². The SMILES string of the molecule is NC(N)=NCCCC(NC(=O)C(Cc1cnc[nH]1)NC(=O)C(Cc1ccc(O)cc1)NC(=O)C(N)Cc1ccc(O)cc1)C(=O)O. The molecule has 0 aliphatic carbocycles. The van der Waals surface area contributed by atoms with Crippen molar-refractivity contribution in [3.63, 3.8) is 0 Å². The molecule has 0 saturated heterocycles. The Bertz CT molecular complexity index is 1480. The molecule has 13 N–H and O–H groups in total. The lowest BCUT2D eigenvalue weighted by Gasteiger charge is -2.25. The maximum absolute atomic E-state index is 13.7. The van der Waals surface area contributed by atoms with Crippen LogP contribution in [0.2, 0.25) is 0 Å². The maximum Gasteiger partial charge on any atom is 0.326 e. The van der Waals surface area contributed by atoms with Crippen molar-refractivity contribution in [1.29, 1.82) is 0 Å². The largest absolute Gasteiger partial charge is 0.508 e. The number of phenolic OH excluding ortho intramolecular Hbond substituents is 2. The first-order chi connectivity index (χ1) is 21.9.